The Hall–Kier alpha value is -1.60. The molecule has 82 valence electrons. The van der Waals surface area contributed by atoms with E-state index < -0.39 is 0 Å². The van der Waals surface area contributed by atoms with Crippen LogP contribution >= 0.6 is 0 Å². The quantitative estimate of drug-likeness (QED) is 0.676. The number of hydrogen-bond donors (Lipinski definition) is 1. The highest BCUT2D eigenvalue weighted by Gasteiger charge is 1.72. The van der Waals surface area contributed by atoms with Crippen molar-refractivity contribution >= 4 is 0 Å². The maximum atomic E-state index is 2.08. The largest absolute Gasteiger partial charge is 0.344 e. The first-order valence-corrected chi connectivity index (χ1v) is 4.82. The van der Waals surface area contributed by atoms with Crippen LogP contribution in [0.4, 0.5) is 0 Å². The molecule has 0 saturated carbocycles. The number of benzene rings is 2. The summed E-state index contributed by atoms with van der Waals surface area (Å²) in [5.41, 5.74) is 2.64. The van der Waals surface area contributed by atoms with Gasteiger partial charge in [0, 0.05) is 1.43 Å². The first kappa shape index (κ1) is 13.4. The molecular formula is C14H21N. The second kappa shape index (κ2) is 7.77. The smallest absolute Gasteiger partial charge is 0 e. The molecule has 0 amide bonds. The van der Waals surface area contributed by atoms with Gasteiger partial charge in [0.25, 0.3) is 0 Å². The molecule has 2 aromatic carbocycles. The van der Waals surface area contributed by atoms with Gasteiger partial charge in [-0.15, -0.1) is 0 Å². The molecule has 0 spiro atoms. The molecule has 0 aromatic heterocycles. The van der Waals surface area contributed by atoms with Gasteiger partial charge in [0.05, 0.1) is 0 Å². The fourth-order valence-corrected chi connectivity index (χ4v) is 1.07. The summed E-state index contributed by atoms with van der Waals surface area (Å²) in [6.07, 6.45) is 0. The van der Waals surface area contributed by atoms with Gasteiger partial charge in [-0.25, -0.2) is 0 Å². The summed E-state index contributed by atoms with van der Waals surface area (Å²) in [6, 6.07) is 20.5. The maximum Gasteiger partial charge on any atom is 0 e. The Balaban J connectivity index is 0. The lowest BCUT2D eigenvalue weighted by molar-refractivity contribution is 1.48. The third kappa shape index (κ3) is 6.47. The van der Waals surface area contributed by atoms with E-state index in [-0.39, 0.29) is 7.58 Å². The first-order valence-electron chi connectivity index (χ1n) is 4.82. The van der Waals surface area contributed by atoms with Gasteiger partial charge in [-0.1, -0.05) is 71.8 Å². The minimum Gasteiger partial charge on any atom is -0.344 e. The fraction of sp³-hybridized carbons (Fsp3) is 0.143. The zero-order valence-corrected chi connectivity index (χ0v) is 9.48. The van der Waals surface area contributed by atoms with Crippen molar-refractivity contribution in [1.29, 1.82) is 0 Å². The Bertz CT molecular complexity index is 308. The van der Waals surface area contributed by atoms with Crippen molar-refractivity contribution in [1.82, 2.24) is 6.15 Å². The molecule has 3 N–H and O–H groups in total. The van der Waals surface area contributed by atoms with Crippen molar-refractivity contribution in [2.24, 2.45) is 0 Å². The lowest BCUT2D eigenvalue weighted by Gasteiger charge is -1.82. The monoisotopic (exact) mass is 203 g/mol. The zero-order chi connectivity index (χ0) is 10.2. The molecule has 0 saturated heterocycles. The van der Waals surface area contributed by atoms with E-state index in [0.29, 0.717) is 0 Å². The van der Waals surface area contributed by atoms with Crippen molar-refractivity contribution in [2.75, 3.05) is 0 Å². The summed E-state index contributed by atoms with van der Waals surface area (Å²) < 4.78 is 0. The third-order valence-corrected chi connectivity index (χ3v) is 1.88. The van der Waals surface area contributed by atoms with E-state index in [1.807, 2.05) is 36.4 Å². The molecule has 0 heterocycles. The van der Waals surface area contributed by atoms with E-state index in [4.69, 9.17) is 0 Å². The lowest BCUT2D eigenvalue weighted by Crippen LogP contribution is -1.62. The summed E-state index contributed by atoms with van der Waals surface area (Å²) in [6.45, 7) is 4.17. The molecule has 0 radical (unpaired) electrons. The Morgan fingerprint density at radius 1 is 0.600 bits per heavy atom. The number of aryl methyl sites for hydroxylation is 2. The lowest BCUT2D eigenvalue weighted by atomic mass is 10.2. The molecule has 1 heteroatoms. The van der Waals surface area contributed by atoms with Crippen LogP contribution in [0, 0.1) is 13.8 Å². The van der Waals surface area contributed by atoms with Gasteiger partial charge in [0.1, 0.15) is 0 Å². The highest BCUT2D eigenvalue weighted by molar-refractivity contribution is 5.12. The molecule has 2 rings (SSSR count). The Kier molecular flexibility index (Phi) is 6.94. The molecule has 0 bridgehead atoms. The second-order valence-electron chi connectivity index (χ2n) is 3.31. The molecule has 0 fully saturated rings. The van der Waals surface area contributed by atoms with Crippen molar-refractivity contribution in [2.45, 2.75) is 13.8 Å². The van der Waals surface area contributed by atoms with Crippen LogP contribution in [-0.2, 0) is 0 Å². The molecule has 0 unspecified atom stereocenters. The van der Waals surface area contributed by atoms with Gasteiger partial charge < -0.3 is 6.15 Å². The highest BCUT2D eigenvalue weighted by Crippen LogP contribution is 1.92. The Morgan fingerprint density at radius 3 is 1.00 bits per heavy atom. The summed E-state index contributed by atoms with van der Waals surface area (Å²) in [7, 11) is 0. The highest BCUT2D eigenvalue weighted by atomic mass is 14.0. The fourth-order valence-electron chi connectivity index (χ4n) is 1.07. The van der Waals surface area contributed by atoms with Gasteiger partial charge in [-0.2, -0.15) is 0 Å². The van der Waals surface area contributed by atoms with Crippen LogP contribution in [0.25, 0.3) is 0 Å². The van der Waals surface area contributed by atoms with Crippen LogP contribution in [0.3, 0.4) is 0 Å². The summed E-state index contributed by atoms with van der Waals surface area (Å²) in [5.74, 6) is 0. The summed E-state index contributed by atoms with van der Waals surface area (Å²) >= 11 is 0. The van der Waals surface area contributed by atoms with Crippen molar-refractivity contribution in [3.63, 3.8) is 0 Å². The standard InChI is InChI=1S/2C7H8.H3N.H2/c2*1-7-5-3-2-4-6-7;;/h2*2-6H,1H3;1H3;1H. The van der Waals surface area contributed by atoms with Crippen molar-refractivity contribution in [3.8, 4) is 0 Å². The average Bonchev–Trinajstić information content (AvgIpc) is 2.21. The SMILES string of the molecule is Cc1ccccc1.Cc1ccccc1.N.[HH]. The average molecular weight is 203 g/mol. The van der Waals surface area contributed by atoms with Gasteiger partial charge in [-0.05, 0) is 13.8 Å². The molecule has 1 nitrogen and oxygen atoms in total. The molecule has 0 aliphatic heterocycles. The molecule has 0 aliphatic rings. The topological polar surface area (TPSA) is 35.0 Å². The number of rotatable bonds is 0. The van der Waals surface area contributed by atoms with Crippen molar-refractivity contribution in [3.05, 3.63) is 71.8 Å². The minimum absolute atomic E-state index is 0. The molecule has 0 aliphatic carbocycles. The van der Waals surface area contributed by atoms with Gasteiger partial charge in [0.15, 0.2) is 0 Å². The van der Waals surface area contributed by atoms with Crippen molar-refractivity contribution < 1.29 is 1.43 Å². The van der Waals surface area contributed by atoms with E-state index in [9.17, 15) is 0 Å². The molecule has 2 aromatic rings. The van der Waals surface area contributed by atoms with Crippen LogP contribution in [0.5, 0.6) is 0 Å². The molecule has 0 atom stereocenters. The van der Waals surface area contributed by atoms with Crippen LogP contribution in [0.1, 0.15) is 12.6 Å². The minimum atomic E-state index is 0. The van der Waals surface area contributed by atoms with Gasteiger partial charge in [0.2, 0.25) is 0 Å². The van der Waals surface area contributed by atoms with Gasteiger partial charge in [-0.3, -0.25) is 0 Å². The predicted molar refractivity (Wildman–Crippen MR) is 69.5 cm³/mol. The van der Waals surface area contributed by atoms with E-state index >= 15 is 0 Å². The van der Waals surface area contributed by atoms with Crippen LogP contribution < -0.4 is 6.15 Å². The first-order chi connectivity index (χ1) is 6.79. The van der Waals surface area contributed by atoms with Crippen LogP contribution in [0.2, 0.25) is 0 Å². The van der Waals surface area contributed by atoms with E-state index in [1.165, 1.54) is 11.1 Å². The normalized spacial score (nSPS) is 8.13. The summed E-state index contributed by atoms with van der Waals surface area (Å²) in [5, 5.41) is 0. The van der Waals surface area contributed by atoms with E-state index in [2.05, 4.69) is 38.1 Å². The predicted octanol–water partition coefficient (Wildman–Crippen LogP) is 4.40. The molecule has 15 heavy (non-hydrogen) atoms. The van der Waals surface area contributed by atoms with Crippen LogP contribution in [0.15, 0.2) is 60.7 Å². The van der Waals surface area contributed by atoms with E-state index in [0.717, 1.165) is 0 Å². The molecular weight excluding hydrogens is 182 g/mol. The Labute approximate surface area is 93.8 Å². The van der Waals surface area contributed by atoms with E-state index in [1.54, 1.807) is 0 Å². The Morgan fingerprint density at radius 2 is 0.867 bits per heavy atom. The number of hydrogen-bond acceptors (Lipinski definition) is 1. The second-order valence-corrected chi connectivity index (χ2v) is 3.31. The third-order valence-electron chi connectivity index (χ3n) is 1.88. The summed E-state index contributed by atoms with van der Waals surface area (Å²) in [4.78, 5) is 0. The van der Waals surface area contributed by atoms with Crippen LogP contribution in [-0.4, -0.2) is 0 Å². The maximum absolute atomic E-state index is 2.08. The zero-order valence-electron chi connectivity index (χ0n) is 9.48. The van der Waals surface area contributed by atoms with Gasteiger partial charge >= 0.3 is 0 Å².